The van der Waals surface area contributed by atoms with Crippen molar-refractivity contribution < 1.29 is 0 Å². The van der Waals surface area contributed by atoms with Gasteiger partial charge >= 0.3 is 0 Å². The van der Waals surface area contributed by atoms with Crippen LogP contribution in [-0.4, -0.2) is 32.7 Å². The first-order chi connectivity index (χ1) is 26.1. The lowest BCUT2D eigenvalue weighted by Crippen LogP contribution is -2.35. The van der Waals surface area contributed by atoms with Crippen molar-refractivity contribution in [2.24, 2.45) is 0 Å². The summed E-state index contributed by atoms with van der Waals surface area (Å²) in [6, 6.07) is 64.0. The molecule has 0 unspecified atom stereocenters. The third kappa shape index (κ3) is 4.92. The van der Waals surface area contributed by atoms with Gasteiger partial charge in [0.15, 0.2) is 0 Å². The minimum Gasteiger partial charge on any atom is -0.310 e. The zero-order valence-electron chi connectivity index (χ0n) is 30.1. The van der Waals surface area contributed by atoms with Crippen molar-refractivity contribution in [3.63, 3.8) is 0 Å². The minimum atomic E-state index is 1.17. The Bertz CT molecular complexity index is 3000. The second kappa shape index (κ2) is 12.4. The predicted octanol–water partition coefficient (Wildman–Crippen LogP) is 7.66. The van der Waals surface area contributed by atoms with Crippen LogP contribution in [0.4, 0.5) is 0 Å². The van der Waals surface area contributed by atoms with E-state index < -0.39 is 0 Å². The summed E-state index contributed by atoms with van der Waals surface area (Å²) in [6.45, 7) is 0. The molecule has 246 valence electrons. The van der Waals surface area contributed by atoms with E-state index in [-0.39, 0.29) is 0 Å². The molecule has 0 aliphatic rings. The summed E-state index contributed by atoms with van der Waals surface area (Å²) in [5, 5.41) is 5.13. The molecule has 0 N–H and O–H groups in total. The van der Waals surface area contributed by atoms with Gasteiger partial charge in [0, 0.05) is 38.4 Å². The fourth-order valence-electron chi connectivity index (χ4n) is 8.72. The van der Waals surface area contributed by atoms with Crippen molar-refractivity contribution in [1.82, 2.24) is 9.13 Å². The zero-order chi connectivity index (χ0) is 35.6. The molecule has 2 nitrogen and oxygen atoms in total. The van der Waals surface area contributed by atoms with Crippen LogP contribution in [0.1, 0.15) is 0 Å². The highest BCUT2D eigenvalue weighted by atomic mass is 15.0. The Hall–Kier alpha value is -6.45. The molecule has 0 aliphatic carbocycles. The van der Waals surface area contributed by atoms with Gasteiger partial charge < -0.3 is 9.13 Å². The summed E-state index contributed by atoms with van der Waals surface area (Å²) in [6.07, 6.45) is 0. The first-order valence-electron chi connectivity index (χ1n) is 18.4. The molecule has 0 bridgehead atoms. The summed E-state index contributed by atoms with van der Waals surface area (Å²) in [5.74, 6) is 0. The third-order valence-corrected chi connectivity index (χ3v) is 11.3. The van der Waals surface area contributed by atoms with Crippen molar-refractivity contribution in [1.29, 1.82) is 0 Å². The highest BCUT2D eigenvalue weighted by molar-refractivity contribution is 6.60. The molecule has 2 heterocycles. The summed E-state index contributed by atoms with van der Waals surface area (Å²) in [4.78, 5) is 0. The van der Waals surface area contributed by atoms with E-state index in [4.69, 9.17) is 0 Å². The quantitative estimate of drug-likeness (QED) is 0.166. The van der Waals surface area contributed by atoms with Gasteiger partial charge in [-0.1, -0.05) is 144 Å². The third-order valence-electron chi connectivity index (χ3n) is 11.3. The van der Waals surface area contributed by atoms with Crippen LogP contribution in [0.3, 0.4) is 0 Å². The van der Waals surface area contributed by atoms with Crippen LogP contribution in [0, 0.1) is 0 Å². The average molecular weight is 672 g/mol. The maximum absolute atomic E-state index is 2.50. The van der Waals surface area contributed by atoms with Gasteiger partial charge in [-0.05, 0) is 81.9 Å². The SMILES string of the molecule is Bc1c(-c2ccc3c(c2)c2ccccc2n3-c2ccccc2)c(B)c2c3ccc(-c4ccccc4)cc3n(-c3ccc(-c4ccccc4)cc3)c2c1B. The molecule has 0 radical (unpaired) electrons. The molecule has 0 spiro atoms. The standard InChI is InChI=1S/C48H35B3N2/c49-45-43(34-23-27-41-39(28-34)37-18-10-11-19-40(37)52(41)35-16-8-3-9-17-35)46(50)47(51)48-44(45)38-26-22-33(31-14-6-2-7-15-31)29-42(38)53(48)36-24-20-32(21-25-36)30-12-4-1-5-13-30/h1-29H,49-51H2. The fraction of sp³-hybridized carbons (Fsp3) is 0. The van der Waals surface area contributed by atoms with Crippen molar-refractivity contribution in [2.45, 2.75) is 0 Å². The number of aromatic nitrogens is 2. The highest BCUT2D eigenvalue weighted by Crippen LogP contribution is 2.37. The van der Waals surface area contributed by atoms with Gasteiger partial charge in [-0.3, -0.25) is 0 Å². The first-order valence-corrected chi connectivity index (χ1v) is 18.4. The fourth-order valence-corrected chi connectivity index (χ4v) is 8.72. The number of benzene rings is 8. The van der Waals surface area contributed by atoms with Crippen LogP contribution in [0.15, 0.2) is 176 Å². The number of para-hydroxylation sites is 2. The van der Waals surface area contributed by atoms with E-state index in [0.29, 0.717) is 0 Å². The van der Waals surface area contributed by atoms with Gasteiger partial charge in [0.05, 0.1) is 16.6 Å². The van der Waals surface area contributed by atoms with Crippen molar-refractivity contribution in [2.75, 3.05) is 0 Å². The summed E-state index contributed by atoms with van der Waals surface area (Å²) in [5.41, 5.74) is 18.7. The number of hydrogen-bond donors (Lipinski definition) is 0. The van der Waals surface area contributed by atoms with E-state index in [0.717, 1.165) is 0 Å². The molecule has 2 aromatic heterocycles. The molecule has 0 atom stereocenters. The molecule has 5 heteroatoms. The summed E-state index contributed by atoms with van der Waals surface area (Å²) >= 11 is 0. The van der Waals surface area contributed by atoms with Gasteiger partial charge in [0.2, 0.25) is 0 Å². The Morgan fingerprint density at radius 3 is 1.58 bits per heavy atom. The van der Waals surface area contributed by atoms with Crippen LogP contribution in [-0.2, 0) is 0 Å². The summed E-state index contributed by atoms with van der Waals surface area (Å²) in [7, 11) is 6.95. The van der Waals surface area contributed by atoms with Crippen LogP contribution in [0.25, 0.3) is 88.4 Å². The van der Waals surface area contributed by atoms with Crippen molar-refractivity contribution in [3.05, 3.63) is 176 Å². The number of nitrogens with zero attached hydrogens (tertiary/aromatic N) is 2. The average Bonchev–Trinajstić information content (AvgIpc) is 3.74. The first kappa shape index (κ1) is 31.3. The van der Waals surface area contributed by atoms with Crippen LogP contribution < -0.4 is 16.4 Å². The van der Waals surface area contributed by atoms with E-state index >= 15 is 0 Å². The molecule has 10 aromatic rings. The molecule has 0 saturated heterocycles. The van der Waals surface area contributed by atoms with Gasteiger partial charge in [-0.15, -0.1) is 0 Å². The van der Waals surface area contributed by atoms with Gasteiger partial charge in [-0.25, -0.2) is 0 Å². The molecule has 53 heavy (non-hydrogen) atoms. The number of rotatable bonds is 5. The van der Waals surface area contributed by atoms with Crippen LogP contribution in [0.5, 0.6) is 0 Å². The lowest BCUT2D eigenvalue weighted by atomic mass is 9.69. The lowest BCUT2D eigenvalue weighted by Gasteiger charge is -2.19. The number of fused-ring (bicyclic) bond motifs is 6. The molecule has 10 rings (SSSR count). The molecule has 0 aliphatic heterocycles. The van der Waals surface area contributed by atoms with E-state index in [1.165, 1.54) is 105 Å². The predicted molar refractivity (Wildman–Crippen MR) is 236 cm³/mol. The Balaban J connectivity index is 1.23. The van der Waals surface area contributed by atoms with Crippen LogP contribution in [0.2, 0.25) is 0 Å². The van der Waals surface area contributed by atoms with Gasteiger partial charge in [-0.2, -0.15) is 0 Å². The smallest absolute Gasteiger partial charge is 0.141 e. The van der Waals surface area contributed by atoms with E-state index in [2.05, 4.69) is 209 Å². The molecule has 0 saturated carbocycles. The largest absolute Gasteiger partial charge is 0.310 e. The second-order valence-electron chi connectivity index (χ2n) is 14.2. The Morgan fingerprint density at radius 1 is 0.321 bits per heavy atom. The van der Waals surface area contributed by atoms with Gasteiger partial charge in [0.25, 0.3) is 0 Å². The van der Waals surface area contributed by atoms with E-state index in [1.807, 2.05) is 0 Å². The molecule has 0 amide bonds. The molecular weight excluding hydrogens is 637 g/mol. The summed E-state index contributed by atoms with van der Waals surface area (Å²) < 4.78 is 4.89. The Labute approximate surface area is 312 Å². The lowest BCUT2D eigenvalue weighted by molar-refractivity contribution is 1.18. The van der Waals surface area contributed by atoms with Gasteiger partial charge in [0.1, 0.15) is 23.5 Å². The maximum Gasteiger partial charge on any atom is 0.141 e. The van der Waals surface area contributed by atoms with Crippen LogP contribution >= 0.6 is 0 Å². The van der Waals surface area contributed by atoms with E-state index in [9.17, 15) is 0 Å². The monoisotopic (exact) mass is 672 g/mol. The topological polar surface area (TPSA) is 9.86 Å². The molecular formula is C48H35B3N2. The van der Waals surface area contributed by atoms with Crippen molar-refractivity contribution >= 4 is 83.5 Å². The molecule has 8 aromatic carbocycles. The second-order valence-corrected chi connectivity index (χ2v) is 14.2. The minimum absolute atomic E-state index is 1.17. The highest BCUT2D eigenvalue weighted by Gasteiger charge is 2.22. The Kier molecular flexibility index (Phi) is 7.30. The maximum atomic E-state index is 2.50. The normalized spacial score (nSPS) is 11.6. The van der Waals surface area contributed by atoms with E-state index in [1.54, 1.807) is 0 Å². The zero-order valence-corrected chi connectivity index (χ0v) is 30.1. The molecule has 0 fully saturated rings. The number of hydrogen-bond acceptors (Lipinski definition) is 0. The Morgan fingerprint density at radius 2 is 0.868 bits per heavy atom. The van der Waals surface area contributed by atoms with Crippen molar-refractivity contribution in [3.8, 4) is 44.8 Å².